The number of rotatable bonds is 0. The minimum atomic E-state index is 0. The monoisotopic (exact) mass is 193 g/mol. The average molecular weight is 194 g/mol. The fourth-order valence-corrected chi connectivity index (χ4v) is 0. The Labute approximate surface area is 76.8 Å². The molecule has 0 heterocycles. The molecule has 0 atom stereocenters. The molecule has 1 N–H and O–H groups in total. The molecular formula is C4H9BrFMgN. The molecule has 0 radical (unpaired) electrons. The summed E-state index contributed by atoms with van der Waals surface area (Å²) in [5.41, 5.74) is 0. The van der Waals surface area contributed by atoms with Gasteiger partial charge in [-0.15, -0.1) is 17.0 Å². The van der Waals surface area contributed by atoms with E-state index in [9.17, 15) is 4.39 Å². The smallest absolute Gasteiger partial charge is 0.521 e. The predicted molar refractivity (Wildman–Crippen MR) is 42.3 cm³/mol. The van der Waals surface area contributed by atoms with Gasteiger partial charge < -0.3 is 16.4 Å². The summed E-state index contributed by atoms with van der Waals surface area (Å²) >= 11 is 0. The Morgan fingerprint density at radius 1 is 1.25 bits per heavy atom. The minimum Gasteiger partial charge on any atom is -0.521 e. The number of hydrogen-bond donors (Lipinski definition) is 1. The van der Waals surface area contributed by atoms with Crippen LogP contribution in [0.15, 0.2) is 6.58 Å². The van der Waals surface area contributed by atoms with Crippen molar-refractivity contribution in [1.82, 2.24) is 0 Å². The Kier molecular flexibility index (Phi) is 4600. The van der Waals surface area contributed by atoms with E-state index in [1.807, 2.05) is 0 Å². The van der Waals surface area contributed by atoms with Gasteiger partial charge in [0.1, 0.15) is 0 Å². The van der Waals surface area contributed by atoms with E-state index in [0.29, 0.717) is 0 Å². The van der Waals surface area contributed by atoms with E-state index < -0.39 is 0 Å². The molecule has 0 saturated heterocycles. The molecule has 46 valence electrons. The van der Waals surface area contributed by atoms with Crippen molar-refractivity contribution in [3.8, 4) is 0 Å². The van der Waals surface area contributed by atoms with Gasteiger partial charge in [0, 0.05) is 0 Å². The summed E-state index contributed by atoms with van der Waals surface area (Å²) < 4.78 is 9.25. The molecule has 1 nitrogen and oxygen atoms in total. The molecule has 0 unspecified atom stereocenters. The molecule has 0 aliphatic rings. The summed E-state index contributed by atoms with van der Waals surface area (Å²) in [6, 6.07) is 0. The van der Waals surface area contributed by atoms with Crippen LogP contribution in [0.2, 0.25) is 0 Å². The Morgan fingerprint density at radius 3 is 1.25 bits per heavy atom. The second-order valence-electron chi connectivity index (χ2n) is 0. The van der Waals surface area contributed by atoms with Crippen LogP contribution in [0.4, 0.5) is 4.39 Å². The molecule has 0 spiro atoms. The topological polar surface area (TPSA) is 23.9 Å². The van der Waals surface area contributed by atoms with E-state index in [4.69, 9.17) is 5.41 Å². The molecule has 0 rings (SSSR count). The van der Waals surface area contributed by atoms with Crippen LogP contribution in [0.1, 0.15) is 0 Å². The van der Waals surface area contributed by atoms with Gasteiger partial charge >= 0.3 is 23.1 Å². The summed E-state index contributed by atoms with van der Waals surface area (Å²) in [6.45, 7) is 9.50. The molecular weight excluding hydrogens is 185 g/mol. The van der Waals surface area contributed by atoms with Crippen molar-refractivity contribution >= 4 is 46.8 Å². The van der Waals surface area contributed by atoms with Gasteiger partial charge in [0.15, 0.2) is 0 Å². The van der Waals surface area contributed by atoms with E-state index >= 15 is 0 Å². The zero-order chi connectivity index (χ0) is 6.00. The molecule has 0 aromatic heterocycles. The van der Waals surface area contributed by atoms with Gasteiger partial charge in [0.2, 0.25) is 0 Å². The predicted octanol–water partition coefficient (Wildman–Crippen LogP) is 1.82. The minimum absolute atomic E-state index is 0. The van der Waals surface area contributed by atoms with Crippen molar-refractivity contribution in [3.63, 3.8) is 0 Å². The zero-order valence-corrected chi connectivity index (χ0v) is 7.82. The van der Waals surface area contributed by atoms with E-state index in [2.05, 4.69) is 19.9 Å². The van der Waals surface area contributed by atoms with Gasteiger partial charge in [-0.2, -0.15) is 7.18 Å². The maximum Gasteiger partial charge on any atom is 2.00 e. The van der Waals surface area contributed by atoms with Crippen LogP contribution >= 0.6 is 17.0 Å². The van der Waals surface area contributed by atoms with Crippen LogP contribution in [0.3, 0.4) is 0 Å². The Hall–Kier alpha value is 0.586. The van der Waals surface area contributed by atoms with Crippen LogP contribution in [0.25, 0.3) is 0 Å². The van der Waals surface area contributed by atoms with Crippen molar-refractivity contribution in [2.75, 3.05) is 0 Å². The normalized spacial score (nSPS) is 1.75. The standard InChI is InChI=1S/C2H3.CH2F.CH3N.BrH.Mg/c3*1-2;;/h1H,2H2;1H2;2H,1H2;1H;/q2*-1;;;+2. The molecule has 0 bridgehead atoms. The maximum atomic E-state index is 9.25. The number of halogens is 2. The first kappa shape index (κ1) is 38.4. The van der Waals surface area contributed by atoms with Crippen molar-refractivity contribution < 1.29 is 4.39 Å². The van der Waals surface area contributed by atoms with Crippen LogP contribution in [0.5, 0.6) is 0 Å². The molecule has 8 heavy (non-hydrogen) atoms. The van der Waals surface area contributed by atoms with Crippen LogP contribution in [-0.2, 0) is 0 Å². The molecule has 0 aliphatic carbocycles. The van der Waals surface area contributed by atoms with E-state index in [1.165, 1.54) is 0 Å². The van der Waals surface area contributed by atoms with Crippen LogP contribution < -0.4 is 0 Å². The summed E-state index contributed by atoms with van der Waals surface area (Å²) in [6.07, 6.45) is 0. The SMILES string of the molecule is Br.C=N.[CH-]=C.[CH2-]F.[Mg+2]. The third kappa shape index (κ3) is 598. The van der Waals surface area contributed by atoms with Crippen molar-refractivity contribution in [2.24, 2.45) is 0 Å². The fraction of sp³-hybridized carbons (Fsp3) is 0. The van der Waals surface area contributed by atoms with E-state index in [0.717, 1.165) is 0 Å². The first-order valence-corrected chi connectivity index (χ1v) is 1.03. The molecule has 0 aliphatic heterocycles. The number of hydrogen-bond acceptors (Lipinski definition) is 1. The van der Waals surface area contributed by atoms with Gasteiger partial charge in [-0.3, -0.25) is 6.58 Å². The maximum absolute atomic E-state index is 9.25. The molecule has 4 heteroatoms. The summed E-state index contributed by atoms with van der Waals surface area (Å²) in [7, 11) is 1.75. The van der Waals surface area contributed by atoms with Crippen LogP contribution in [0, 0.1) is 19.2 Å². The van der Waals surface area contributed by atoms with Crippen molar-refractivity contribution in [2.45, 2.75) is 0 Å². The summed E-state index contributed by atoms with van der Waals surface area (Å²) in [5, 5.41) is 5.50. The van der Waals surface area contributed by atoms with Gasteiger partial charge in [-0.25, -0.2) is 0 Å². The molecule has 0 amide bonds. The quantitative estimate of drug-likeness (QED) is 0.345. The van der Waals surface area contributed by atoms with Gasteiger partial charge in [0.25, 0.3) is 0 Å². The Bertz CT molecular complexity index is 18.0. The molecule has 0 saturated carbocycles. The zero-order valence-electron chi connectivity index (χ0n) is 4.69. The summed E-state index contributed by atoms with van der Waals surface area (Å²) in [5.74, 6) is 0. The molecule has 0 aromatic rings. The summed E-state index contributed by atoms with van der Waals surface area (Å²) in [4.78, 5) is 0. The Morgan fingerprint density at radius 2 is 1.25 bits per heavy atom. The Balaban J connectivity index is -0.00000000500. The van der Waals surface area contributed by atoms with E-state index in [1.54, 1.807) is 7.18 Å². The molecule has 0 aromatic carbocycles. The number of nitrogens with one attached hydrogen (secondary N) is 1. The second kappa shape index (κ2) is 958. The third-order valence-corrected chi connectivity index (χ3v) is 0. The second-order valence-corrected chi connectivity index (χ2v) is 0. The molecule has 0 fully saturated rings. The van der Waals surface area contributed by atoms with Crippen molar-refractivity contribution in [3.05, 3.63) is 20.3 Å². The average Bonchev–Trinajstić information content (AvgIpc) is 1.81. The van der Waals surface area contributed by atoms with Gasteiger partial charge in [0.05, 0.1) is 0 Å². The third-order valence-electron chi connectivity index (χ3n) is 0. The van der Waals surface area contributed by atoms with Gasteiger partial charge in [-0.1, -0.05) is 0 Å². The van der Waals surface area contributed by atoms with Crippen molar-refractivity contribution in [1.29, 1.82) is 5.41 Å². The van der Waals surface area contributed by atoms with Gasteiger partial charge in [-0.05, 0) is 6.72 Å². The fourth-order valence-electron chi connectivity index (χ4n) is 0. The van der Waals surface area contributed by atoms with E-state index in [-0.39, 0.29) is 40.0 Å². The first-order chi connectivity index (χ1) is 3.00. The van der Waals surface area contributed by atoms with Crippen LogP contribution in [-0.4, -0.2) is 29.8 Å². The first-order valence-electron chi connectivity index (χ1n) is 1.03. The largest absolute Gasteiger partial charge is 2.00 e.